The molecule has 3 N–H and O–H groups in total. The number of hydrogen-bond donors (Lipinski definition) is 2. The normalized spacial score (nSPS) is 12.4. The number of methoxy groups -OCH3 is 2. The van der Waals surface area contributed by atoms with E-state index in [2.05, 4.69) is 15.4 Å². The van der Waals surface area contributed by atoms with Gasteiger partial charge in [-0.3, -0.25) is 0 Å². The van der Waals surface area contributed by atoms with Crippen molar-refractivity contribution in [3.63, 3.8) is 0 Å². The van der Waals surface area contributed by atoms with Crippen molar-refractivity contribution in [2.75, 3.05) is 20.8 Å². The molecule has 0 saturated heterocycles. The highest BCUT2D eigenvalue weighted by atomic mass is 127. The molecule has 0 amide bonds. The molecule has 1 aromatic carbocycles. The number of nitrogens with zero attached hydrogens (tertiary/aromatic N) is 3. The van der Waals surface area contributed by atoms with Gasteiger partial charge in [0.05, 0.1) is 31.6 Å². The first-order valence-electron chi connectivity index (χ1n) is 7.36. The number of aliphatic imine (C=N–C) groups is 1. The van der Waals surface area contributed by atoms with E-state index in [1.807, 2.05) is 43.5 Å². The standard InChI is InChI=1S/C16H23N5O2.HI/c1-12(11-22-2)19-16(17)18-10-13-8-9-21(20-13)14-4-6-15(23-3)7-5-14;/h4-9,12H,10-11H2,1-3H3,(H3,17,18,19);1H. The maximum atomic E-state index is 5.84. The Kier molecular flexibility index (Phi) is 8.55. The lowest BCUT2D eigenvalue weighted by Gasteiger charge is -2.12. The van der Waals surface area contributed by atoms with Crippen LogP contribution in [-0.2, 0) is 11.3 Å². The smallest absolute Gasteiger partial charge is 0.189 e. The summed E-state index contributed by atoms with van der Waals surface area (Å²) in [6, 6.07) is 9.71. The number of rotatable bonds is 7. The molecular weight excluding hydrogens is 421 g/mol. The van der Waals surface area contributed by atoms with Crippen molar-refractivity contribution in [2.45, 2.75) is 19.5 Å². The molecule has 7 nitrogen and oxygen atoms in total. The molecule has 0 aliphatic carbocycles. The molecule has 0 spiro atoms. The molecule has 0 fully saturated rings. The number of nitrogens with two attached hydrogens (primary N) is 1. The Morgan fingerprint density at radius 1 is 1.29 bits per heavy atom. The van der Waals surface area contributed by atoms with Gasteiger partial charge in [0.25, 0.3) is 0 Å². The van der Waals surface area contributed by atoms with Crippen molar-refractivity contribution < 1.29 is 9.47 Å². The molecule has 0 radical (unpaired) electrons. The Balaban J connectivity index is 0.00000288. The predicted octanol–water partition coefficient (Wildman–Crippen LogP) is 1.94. The van der Waals surface area contributed by atoms with Gasteiger partial charge in [-0.05, 0) is 37.3 Å². The van der Waals surface area contributed by atoms with Crippen LogP contribution < -0.4 is 15.8 Å². The topological polar surface area (TPSA) is 86.7 Å². The average molecular weight is 445 g/mol. The number of guanidine groups is 1. The largest absolute Gasteiger partial charge is 0.497 e. The summed E-state index contributed by atoms with van der Waals surface area (Å²) in [5, 5.41) is 7.54. The lowest BCUT2D eigenvalue weighted by molar-refractivity contribution is 0.179. The minimum atomic E-state index is 0. The van der Waals surface area contributed by atoms with Gasteiger partial charge in [0, 0.05) is 19.3 Å². The summed E-state index contributed by atoms with van der Waals surface area (Å²) in [6.45, 7) is 2.97. The van der Waals surface area contributed by atoms with Crippen LogP contribution in [0.3, 0.4) is 0 Å². The molecule has 24 heavy (non-hydrogen) atoms. The van der Waals surface area contributed by atoms with Crippen molar-refractivity contribution in [1.82, 2.24) is 15.1 Å². The second kappa shape index (κ2) is 10.1. The molecule has 1 heterocycles. The van der Waals surface area contributed by atoms with E-state index in [1.165, 1.54) is 0 Å². The quantitative estimate of drug-likeness (QED) is 0.387. The highest BCUT2D eigenvalue weighted by Gasteiger charge is 2.04. The molecule has 2 rings (SSSR count). The molecule has 0 saturated carbocycles. The fraction of sp³-hybridized carbons (Fsp3) is 0.375. The molecule has 0 aliphatic heterocycles. The summed E-state index contributed by atoms with van der Waals surface area (Å²) in [7, 11) is 3.29. The van der Waals surface area contributed by atoms with E-state index in [4.69, 9.17) is 15.2 Å². The molecule has 0 aliphatic rings. The van der Waals surface area contributed by atoms with Crippen LogP contribution in [0, 0.1) is 0 Å². The Morgan fingerprint density at radius 2 is 2.00 bits per heavy atom. The van der Waals surface area contributed by atoms with Crippen LogP contribution in [0.4, 0.5) is 0 Å². The van der Waals surface area contributed by atoms with E-state index in [-0.39, 0.29) is 30.0 Å². The summed E-state index contributed by atoms with van der Waals surface area (Å²) in [5.74, 6) is 1.20. The first-order chi connectivity index (χ1) is 11.1. The molecule has 132 valence electrons. The highest BCUT2D eigenvalue weighted by Crippen LogP contribution is 2.14. The SMILES string of the molecule is COCC(C)NC(N)=NCc1ccn(-c2ccc(OC)cc2)n1.I. The number of benzene rings is 1. The third-order valence-electron chi connectivity index (χ3n) is 3.20. The monoisotopic (exact) mass is 445 g/mol. The van der Waals surface area contributed by atoms with Gasteiger partial charge < -0.3 is 20.5 Å². The van der Waals surface area contributed by atoms with Gasteiger partial charge in [-0.15, -0.1) is 24.0 Å². The Morgan fingerprint density at radius 3 is 2.62 bits per heavy atom. The van der Waals surface area contributed by atoms with Gasteiger partial charge in [0.15, 0.2) is 5.96 Å². The number of nitrogens with one attached hydrogen (secondary N) is 1. The number of aromatic nitrogens is 2. The summed E-state index contributed by atoms with van der Waals surface area (Å²) in [6.07, 6.45) is 1.89. The predicted molar refractivity (Wildman–Crippen MR) is 105 cm³/mol. The minimum absolute atomic E-state index is 0. The van der Waals surface area contributed by atoms with E-state index in [9.17, 15) is 0 Å². The van der Waals surface area contributed by atoms with Crippen molar-refractivity contribution >= 4 is 29.9 Å². The summed E-state index contributed by atoms with van der Waals surface area (Å²) >= 11 is 0. The van der Waals surface area contributed by atoms with Crippen LogP contribution in [0.5, 0.6) is 5.75 Å². The first-order valence-corrected chi connectivity index (χ1v) is 7.36. The van der Waals surface area contributed by atoms with Gasteiger partial charge in [-0.2, -0.15) is 5.10 Å². The molecule has 1 aromatic heterocycles. The van der Waals surface area contributed by atoms with E-state index in [0.29, 0.717) is 19.1 Å². The lowest BCUT2D eigenvalue weighted by Crippen LogP contribution is -2.40. The maximum absolute atomic E-state index is 5.84. The van der Waals surface area contributed by atoms with E-state index in [0.717, 1.165) is 17.1 Å². The summed E-state index contributed by atoms with van der Waals surface area (Å²) < 4.78 is 12.0. The zero-order valence-corrected chi connectivity index (χ0v) is 16.4. The van der Waals surface area contributed by atoms with Crippen molar-refractivity contribution in [3.05, 3.63) is 42.2 Å². The van der Waals surface area contributed by atoms with Gasteiger partial charge in [-0.1, -0.05) is 0 Å². The van der Waals surface area contributed by atoms with Crippen LogP contribution in [0.15, 0.2) is 41.5 Å². The second-order valence-corrected chi connectivity index (χ2v) is 5.15. The second-order valence-electron chi connectivity index (χ2n) is 5.15. The minimum Gasteiger partial charge on any atom is -0.497 e. The van der Waals surface area contributed by atoms with Gasteiger partial charge in [0.1, 0.15) is 5.75 Å². The average Bonchev–Trinajstić information content (AvgIpc) is 3.02. The molecular formula is C16H24IN5O2. The third-order valence-corrected chi connectivity index (χ3v) is 3.20. The fourth-order valence-electron chi connectivity index (χ4n) is 2.08. The number of hydrogen-bond acceptors (Lipinski definition) is 4. The van der Waals surface area contributed by atoms with Crippen LogP contribution >= 0.6 is 24.0 Å². The van der Waals surface area contributed by atoms with Crippen molar-refractivity contribution in [2.24, 2.45) is 10.7 Å². The Hall–Kier alpha value is -1.81. The van der Waals surface area contributed by atoms with E-state index in [1.54, 1.807) is 18.9 Å². The van der Waals surface area contributed by atoms with Crippen LogP contribution in [0.2, 0.25) is 0 Å². The van der Waals surface area contributed by atoms with Crippen molar-refractivity contribution in [3.8, 4) is 11.4 Å². The highest BCUT2D eigenvalue weighted by molar-refractivity contribution is 14.0. The van der Waals surface area contributed by atoms with Crippen LogP contribution in [-0.4, -0.2) is 42.6 Å². The maximum Gasteiger partial charge on any atom is 0.189 e. The van der Waals surface area contributed by atoms with E-state index >= 15 is 0 Å². The van der Waals surface area contributed by atoms with E-state index < -0.39 is 0 Å². The zero-order chi connectivity index (χ0) is 16.7. The number of halogens is 1. The molecule has 8 heteroatoms. The van der Waals surface area contributed by atoms with Crippen LogP contribution in [0.1, 0.15) is 12.6 Å². The molecule has 1 atom stereocenters. The molecule has 2 aromatic rings. The van der Waals surface area contributed by atoms with Gasteiger partial charge in [0.2, 0.25) is 0 Å². The number of ether oxygens (including phenoxy) is 2. The van der Waals surface area contributed by atoms with Crippen LogP contribution in [0.25, 0.3) is 5.69 Å². The zero-order valence-electron chi connectivity index (χ0n) is 14.1. The Labute approximate surface area is 159 Å². The lowest BCUT2D eigenvalue weighted by atomic mass is 10.3. The van der Waals surface area contributed by atoms with Crippen molar-refractivity contribution in [1.29, 1.82) is 0 Å². The Bertz CT molecular complexity index is 642. The summed E-state index contributed by atoms with van der Waals surface area (Å²) in [4.78, 5) is 4.28. The molecule has 1 unspecified atom stereocenters. The molecule has 0 bridgehead atoms. The third kappa shape index (κ3) is 6.00. The van der Waals surface area contributed by atoms with Gasteiger partial charge >= 0.3 is 0 Å². The van der Waals surface area contributed by atoms with Gasteiger partial charge in [-0.25, -0.2) is 9.67 Å². The summed E-state index contributed by atoms with van der Waals surface area (Å²) in [5.41, 5.74) is 7.63. The first kappa shape index (κ1) is 20.2. The fourth-order valence-corrected chi connectivity index (χ4v) is 2.08.